The van der Waals surface area contributed by atoms with Gasteiger partial charge in [0.05, 0.1) is 28.0 Å². The number of nitrogens with one attached hydrogen (secondary N) is 1. The molecule has 0 bridgehead atoms. The van der Waals surface area contributed by atoms with Crippen molar-refractivity contribution in [1.29, 1.82) is 0 Å². The number of hydrogen-bond acceptors (Lipinski definition) is 6. The first kappa shape index (κ1) is 30.5. The topological polar surface area (TPSA) is 106 Å². The van der Waals surface area contributed by atoms with E-state index in [2.05, 4.69) is 10.4 Å². The second-order valence-corrected chi connectivity index (χ2v) is 10.7. The van der Waals surface area contributed by atoms with Crippen LogP contribution in [-0.4, -0.2) is 70.3 Å². The normalized spacial score (nSPS) is 14.0. The third kappa shape index (κ3) is 7.44. The van der Waals surface area contributed by atoms with Gasteiger partial charge in [-0.3, -0.25) is 14.3 Å². The number of carbonyl (C=O) groups excluding carboxylic acids is 3. The van der Waals surface area contributed by atoms with Crippen LogP contribution in [0.3, 0.4) is 0 Å². The Morgan fingerprint density at radius 1 is 1.02 bits per heavy atom. The van der Waals surface area contributed by atoms with E-state index in [4.69, 9.17) is 44.3 Å². The fraction of sp³-hybridized carbons (Fsp3) is 0.357. The Balaban J connectivity index is 1.37. The summed E-state index contributed by atoms with van der Waals surface area (Å²) in [6.45, 7) is 7.32. The Kier molecular flexibility index (Phi) is 10.0. The summed E-state index contributed by atoms with van der Waals surface area (Å²) < 4.78 is 12.4. The summed E-state index contributed by atoms with van der Waals surface area (Å²) in [5.74, 6) is -0.159. The van der Waals surface area contributed by atoms with Crippen molar-refractivity contribution >= 4 is 58.4 Å². The fourth-order valence-electron chi connectivity index (χ4n) is 4.32. The number of nitrogens with zero attached hydrogens (tertiary/aromatic N) is 4. The summed E-state index contributed by atoms with van der Waals surface area (Å²) in [4.78, 5) is 41.4. The predicted molar refractivity (Wildman–Crippen MR) is 157 cm³/mol. The maximum atomic E-state index is 13.1. The molecule has 1 fully saturated rings. The Bertz CT molecular complexity index is 1420. The number of ether oxygens (including phenoxy) is 2. The number of amides is 3. The van der Waals surface area contributed by atoms with Crippen molar-refractivity contribution < 1.29 is 23.9 Å². The van der Waals surface area contributed by atoms with Gasteiger partial charge in [0, 0.05) is 43.0 Å². The molecule has 0 aliphatic carbocycles. The molecule has 0 saturated carbocycles. The first-order valence-corrected chi connectivity index (χ1v) is 14.1. The monoisotopic (exact) mass is 621 g/mol. The molecular formula is C28H30Cl3N5O5. The van der Waals surface area contributed by atoms with Gasteiger partial charge in [0.1, 0.15) is 12.6 Å². The van der Waals surface area contributed by atoms with Crippen LogP contribution in [0.2, 0.25) is 15.1 Å². The molecular weight excluding hydrogens is 593 g/mol. The molecule has 1 N–H and O–H groups in total. The molecule has 4 rings (SSSR count). The van der Waals surface area contributed by atoms with Crippen LogP contribution in [0.4, 0.5) is 10.5 Å². The molecule has 218 valence electrons. The average molecular weight is 623 g/mol. The lowest BCUT2D eigenvalue weighted by molar-refractivity contribution is -0.136. The number of piperazine rings is 1. The molecule has 1 atom stereocenters. The number of hydrogen-bond donors (Lipinski definition) is 1. The van der Waals surface area contributed by atoms with Crippen molar-refractivity contribution in [2.45, 2.75) is 33.4 Å². The Morgan fingerprint density at radius 3 is 2.34 bits per heavy atom. The van der Waals surface area contributed by atoms with Crippen molar-refractivity contribution in [3.63, 3.8) is 0 Å². The molecule has 41 heavy (non-hydrogen) atoms. The molecule has 1 aromatic heterocycles. The Hall–Kier alpha value is -3.47. The highest BCUT2D eigenvalue weighted by Crippen LogP contribution is 2.36. The van der Waals surface area contributed by atoms with Crippen LogP contribution in [0.15, 0.2) is 42.6 Å². The minimum Gasteiger partial charge on any atom is -0.486 e. The minimum atomic E-state index is -0.597. The van der Waals surface area contributed by atoms with Crippen molar-refractivity contribution in [1.82, 2.24) is 19.6 Å². The van der Waals surface area contributed by atoms with E-state index in [9.17, 15) is 14.4 Å². The number of halogens is 3. The first-order chi connectivity index (χ1) is 19.6. The summed E-state index contributed by atoms with van der Waals surface area (Å²) in [7, 11) is 0. The van der Waals surface area contributed by atoms with Crippen molar-refractivity contribution in [2.24, 2.45) is 0 Å². The van der Waals surface area contributed by atoms with Crippen LogP contribution >= 0.6 is 34.8 Å². The van der Waals surface area contributed by atoms with Gasteiger partial charge in [0.2, 0.25) is 5.91 Å². The van der Waals surface area contributed by atoms with Crippen molar-refractivity contribution in [3.05, 3.63) is 74.5 Å². The number of benzene rings is 2. The number of rotatable bonds is 8. The highest BCUT2D eigenvalue weighted by atomic mass is 35.5. The van der Waals surface area contributed by atoms with Gasteiger partial charge >= 0.3 is 6.09 Å². The van der Waals surface area contributed by atoms with Crippen LogP contribution in [0.1, 0.15) is 41.5 Å². The van der Waals surface area contributed by atoms with Gasteiger partial charge in [-0.05, 0) is 50.6 Å². The van der Waals surface area contributed by atoms with Gasteiger partial charge in [-0.25, -0.2) is 4.79 Å². The zero-order chi connectivity index (χ0) is 29.7. The van der Waals surface area contributed by atoms with Crippen LogP contribution in [0.5, 0.6) is 5.75 Å². The van der Waals surface area contributed by atoms with E-state index < -0.39 is 6.04 Å². The molecule has 10 nitrogen and oxygen atoms in total. The molecule has 3 aromatic rings. The maximum absolute atomic E-state index is 13.1. The van der Waals surface area contributed by atoms with Gasteiger partial charge in [-0.2, -0.15) is 5.10 Å². The lowest BCUT2D eigenvalue weighted by atomic mass is 10.1. The number of anilines is 1. The van der Waals surface area contributed by atoms with E-state index in [0.717, 1.165) is 5.56 Å². The SMILES string of the molecule is CCOC(=O)N1CCN(C(=O)C(C)n2cc(NC(=O)c3cccc(COc4c(Cl)cc(Cl)cc4Cl)c3)c(C)n2)CC1. The first-order valence-electron chi connectivity index (χ1n) is 13.0. The van der Waals surface area contributed by atoms with Crippen molar-refractivity contribution in [2.75, 3.05) is 38.1 Å². The molecule has 2 heterocycles. The average Bonchev–Trinajstić information content (AvgIpc) is 3.31. The van der Waals surface area contributed by atoms with E-state index in [-0.39, 0.29) is 34.6 Å². The summed E-state index contributed by atoms with van der Waals surface area (Å²) in [5.41, 5.74) is 2.20. The summed E-state index contributed by atoms with van der Waals surface area (Å²) >= 11 is 18.3. The molecule has 3 amide bonds. The summed E-state index contributed by atoms with van der Waals surface area (Å²) in [6.07, 6.45) is 1.27. The third-order valence-electron chi connectivity index (χ3n) is 6.57. The number of carbonyl (C=O) groups is 3. The van der Waals surface area contributed by atoms with Crippen LogP contribution in [-0.2, 0) is 16.1 Å². The molecule has 2 aromatic carbocycles. The van der Waals surface area contributed by atoms with Gasteiger partial charge in [0.15, 0.2) is 5.75 Å². The lowest BCUT2D eigenvalue weighted by Crippen LogP contribution is -2.52. The van der Waals surface area contributed by atoms with E-state index in [1.165, 1.54) is 16.8 Å². The lowest BCUT2D eigenvalue weighted by Gasteiger charge is -2.35. The highest BCUT2D eigenvalue weighted by Gasteiger charge is 2.29. The highest BCUT2D eigenvalue weighted by molar-refractivity contribution is 6.40. The number of aryl methyl sites for hydroxylation is 1. The second-order valence-electron chi connectivity index (χ2n) is 9.44. The van der Waals surface area contributed by atoms with Gasteiger partial charge in [-0.1, -0.05) is 46.9 Å². The third-order valence-corrected chi connectivity index (χ3v) is 7.35. The minimum absolute atomic E-state index is 0.123. The van der Waals surface area contributed by atoms with Gasteiger partial charge in [0.25, 0.3) is 5.91 Å². The summed E-state index contributed by atoms with van der Waals surface area (Å²) in [6, 6.07) is 9.43. The molecule has 1 saturated heterocycles. The molecule has 1 aliphatic rings. The van der Waals surface area contributed by atoms with E-state index in [0.29, 0.717) is 60.5 Å². The molecule has 0 radical (unpaired) electrons. The zero-order valence-electron chi connectivity index (χ0n) is 22.8. The van der Waals surface area contributed by atoms with E-state index in [1.807, 2.05) is 6.07 Å². The molecule has 0 spiro atoms. The Morgan fingerprint density at radius 2 is 1.68 bits per heavy atom. The largest absolute Gasteiger partial charge is 0.486 e. The van der Waals surface area contributed by atoms with Gasteiger partial charge in [-0.15, -0.1) is 0 Å². The Labute approximate surface area is 253 Å². The van der Waals surface area contributed by atoms with Crippen LogP contribution in [0, 0.1) is 6.92 Å². The van der Waals surface area contributed by atoms with Crippen molar-refractivity contribution in [3.8, 4) is 5.75 Å². The smallest absolute Gasteiger partial charge is 0.409 e. The standard InChI is InChI=1S/C28H30Cl3N5O5/c1-4-40-28(39)35-10-8-34(9-11-35)27(38)18(3)36-15-24(17(2)33-36)32-26(37)20-7-5-6-19(12-20)16-41-25-22(30)13-21(29)14-23(25)31/h5-7,12-15,18H,4,8-11,16H2,1-3H3,(H,32,37). The van der Waals surface area contributed by atoms with E-state index >= 15 is 0 Å². The second kappa shape index (κ2) is 13.5. The molecule has 1 aliphatic heterocycles. The summed E-state index contributed by atoms with van der Waals surface area (Å²) in [5, 5.41) is 8.31. The maximum Gasteiger partial charge on any atom is 0.409 e. The fourth-order valence-corrected chi connectivity index (χ4v) is 5.25. The van der Waals surface area contributed by atoms with Gasteiger partial charge < -0.3 is 24.6 Å². The zero-order valence-corrected chi connectivity index (χ0v) is 25.1. The number of aromatic nitrogens is 2. The van der Waals surface area contributed by atoms with Crippen LogP contribution < -0.4 is 10.1 Å². The van der Waals surface area contributed by atoms with Crippen LogP contribution in [0.25, 0.3) is 0 Å². The predicted octanol–water partition coefficient (Wildman–Crippen LogP) is 5.84. The quantitative estimate of drug-likeness (QED) is 0.338. The molecule has 13 heteroatoms. The molecule has 1 unspecified atom stereocenters. The van der Waals surface area contributed by atoms with E-state index in [1.54, 1.807) is 55.0 Å².